The van der Waals surface area contributed by atoms with Gasteiger partial charge < -0.3 is 15.4 Å². The zero-order valence-electron chi connectivity index (χ0n) is 17.3. The lowest BCUT2D eigenvalue weighted by Crippen LogP contribution is -2.39. The van der Waals surface area contributed by atoms with Crippen molar-refractivity contribution in [1.29, 1.82) is 0 Å². The molecule has 0 aromatic heterocycles. The predicted molar refractivity (Wildman–Crippen MR) is 111 cm³/mol. The molecule has 10 heteroatoms. The number of carbonyl (C=O) groups is 2. The third kappa shape index (κ3) is 10.7. The van der Waals surface area contributed by atoms with Gasteiger partial charge in [0.15, 0.2) is 0 Å². The van der Waals surface area contributed by atoms with E-state index < -0.39 is 27.9 Å². The third-order valence-corrected chi connectivity index (χ3v) is 4.30. The Labute approximate surface area is 172 Å². The van der Waals surface area contributed by atoms with Gasteiger partial charge in [-0.1, -0.05) is 31.9 Å². The number of alkyl carbamates (subject to hydrolysis) is 1. The highest BCUT2D eigenvalue weighted by atomic mass is 32.2. The molecule has 1 atom stereocenters. The molecule has 0 aliphatic heterocycles. The summed E-state index contributed by atoms with van der Waals surface area (Å²) in [4.78, 5) is 24.6. The highest BCUT2D eigenvalue weighted by Gasteiger charge is 2.23. The van der Waals surface area contributed by atoms with E-state index in [2.05, 4.69) is 17.6 Å². The van der Waals surface area contributed by atoms with Crippen LogP contribution in [0.25, 0.3) is 0 Å². The quantitative estimate of drug-likeness (QED) is 0.334. The van der Waals surface area contributed by atoms with Crippen LogP contribution >= 0.6 is 0 Å². The lowest BCUT2D eigenvalue weighted by Gasteiger charge is -2.22. The Kier molecular flexibility index (Phi) is 9.38. The van der Waals surface area contributed by atoms with Crippen molar-refractivity contribution < 1.29 is 27.3 Å². The van der Waals surface area contributed by atoms with Gasteiger partial charge in [0.05, 0.1) is 11.6 Å². The van der Waals surface area contributed by atoms with Gasteiger partial charge >= 0.3 is 16.4 Å². The fraction of sp³-hybridized carbons (Fsp3) is 0.579. The molecule has 9 nitrogen and oxygen atoms in total. The Morgan fingerprint density at radius 1 is 1.10 bits per heavy atom. The topological polar surface area (TPSA) is 134 Å². The second kappa shape index (κ2) is 11.0. The number of amides is 2. The van der Waals surface area contributed by atoms with Crippen molar-refractivity contribution in [3.8, 4) is 0 Å². The summed E-state index contributed by atoms with van der Waals surface area (Å²) in [6.07, 6.45) is 2.25. The average molecular weight is 430 g/mol. The van der Waals surface area contributed by atoms with Gasteiger partial charge in [-0.2, -0.15) is 8.42 Å². The molecule has 0 saturated heterocycles. The minimum absolute atomic E-state index is 0.0135. The number of benzene rings is 1. The van der Waals surface area contributed by atoms with Crippen LogP contribution in [0.2, 0.25) is 0 Å². The third-order valence-electron chi connectivity index (χ3n) is 3.81. The molecular formula is C19H31N3O6S. The summed E-state index contributed by atoms with van der Waals surface area (Å²) in [5.74, 6) is -0.948. The largest absolute Gasteiger partial charge is 0.444 e. The molecule has 164 valence electrons. The lowest BCUT2D eigenvalue weighted by molar-refractivity contribution is -0.122. The van der Waals surface area contributed by atoms with Crippen molar-refractivity contribution in [2.24, 2.45) is 0 Å². The van der Waals surface area contributed by atoms with Crippen LogP contribution < -0.4 is 15.4 Å². The molecule has 0 fully saturated rings. The van der Waals surface area contributed by atoms with E-state index >= 15 is 0 Å². The summed E-state index contributed by atoms with van der Waals surface area (Å²) in [6.45, 7) is 7.83. The first kappa shape index (κ1) is 24.7. The van der Waals surface area contributed by atoms with E-state index in [-0.39, 0.29) is 18.1 Å². The van der Waals surface area contributed by atoms with E-state index in [0.717, 1.165) is 19.3 Å². The van der Waals surface area contributed by atoms with Crippen LogP contribution in [-0.2, 0) is 19.8 Å². The summed E-state index contributed by atoms with van der Waals surface area (Å²) >= 11 is 0. The van der Waals surface area contributed by atoms with Gasteiger partial charge in [0.2, 0.25) is 5.91 Å². The second-order valence-electron chi connectivity index (χ2n) is 7.63. The summed E-state index contributed by atoms with van der Waals surface area (Å²) in [5, 5.41) is 5.46. The Morgan fingerprint density at radius 2 is 1.72 bits per heavy atom. The molecule has 1 aromatic carbocycles. The highest BCUT2D eigenvalue weighted by Crippen LogP contribution is 2.19. The molecule has 0 radical (unpaired) electrons. The number of hydrogen-bond acceptors (Lipinski definition) is 5. The van der Waals surface area contributed by atoms with Crippen LogP contribution in [0.15, 0.2) is 24.3 Å². The molecule has 0 unspecified atom stereocenters. The van der Waals surface area contributed by atoms with Crippen LogP contribution in [0.5, 0.6) is 0 Å². The van der Waals surface area contributed by atoms with E-state index in [1.165, 1.54) is 12.1 Å². The molecule has 0 heterocycles. The van der Waals surface area contributed by atoms with Crippen LogP contribution in [0.1, 0.15) is 58.4 Å². The van der Waals surface area contributed by atoms with Crippen molar-refractivity contribution in [3.63, 3.8) is 0 Å². The van der Waals surface area contributed by atoms with Gasteiger partial charge in [-0.15, -0.1) is 0 Å². The summed E-state index contributed by atoms with van der Waals surface area (Å²) in [5.41, 5.74) is 0.0684. The van der Waals surface area contributed by atoms with Crippen molar-refractivity contribution in [3.05, 3.63) is 29.8 Å². The Morgan fingerprint density at radius 3 is 2.24 bits per heavy atom. The van der Waals surface area contributed by atoms with Crippen molar-refractivity contribution >= 4 is 28.0 Å². The first-order chi connectivity index (χ1) is 13.4. The van der Waals surface area contributed by atoms with Crippen LogP contribution in [-0.4, -0.2) is 43.7 Å². The number of unbranched alkanes of at least 4 members (excludes halogenated alkanes) is 2. The maximum absolute atomic E-state index is 12.7. The first-order valence-corrected chi connectivity index (χ1v) is 10.9. The van der Waals surface area contributed by atoms with E-state index in [4.69, 9.17) is 9.29 Å². The minimum Gasteiger partial charge on any atom is -0.444 e. The summed E-state index contributed by atoms with van der Waals surface area (Å²) in [7, 11) is -4.39. The molecule has 0 spiro atoms. The Hall–Kier alpha value is -2.33. The van der Waals surface area contributed by atoms with Gasteiger partial charge in [-0.05, 0) is 44.9 Å². The van der Waals surface area contributed by atoms with Crippen LogP contribution in [0, 0.1) is 0 Å². The number of ether oxygens (including phenoxy) is 1. The standard InChI is InChI=1S/C19H31N3O6S/c1-5-6-7-12-20-17(23)16(13-21-18(24)28-19(2,3)4)14-8-10-15(11-9-14)22-29(25,26)27/h8-11,16,22H,5-7,12-13H2,1-4H3,(H,20,23)(H,21,24)(H,25,26,27)/t16-/m1/s1. The summed E-state index contributed by atoms with van der Waals surface area (Å²) < 4.78 is 37.8. The van der Waals surface area contributed by atoms with Gasteiger partial charge in [0, 0.05) is 13.1 Å². The van der Waals surface area contributed by atoms with E-state index in [1.807, 2.05) is 4.72 Å². The molecule has 0 saturated carbocycles. The zero-order valence-corrected chi connectivity index (χ0v) is 18.1. The van der Waals surface area contributed by atoms with Gasteiger partial charge in [-0.25, -0.2) is 4.79 Å². The van der Waals surface area contributed by atoms with E-state index in [9.17, 15) is 18.0 Å². The van der Waals surface area contributed by atoms with Crippen molar-refractivity contribution in [2.45, 2.75) is 58.5 Å². The summed E-state index contributed by atoms with van der Waals surface area (Å²) in [6, 6.07) is 5.96. The zero-order chi connectivity index (χ0) is 22.1. The van der Waals surface area contributed by atoms with Crippen LogP contribution in [0.3, 0.4) is 0 Å². The first-order valence-electron chi connectivity index (χ1n) is 9.51. The molecule has 29 heavy (non-hydrogen) atoms. The van der Waals surface area contributed by atoms with Gasteiger partial charge in [0.1, 0.15) is 5.60 Å². The lowest BCUT2D eigenvalue weighted by atomic mass is 9.97. The molecule has 0 aliphatic carbocycles. The molecular weight excluding hydrogens is 398 g/mol. The number of anilines is 1. The molecule has 1 aromatic rings. The van der Waals surface area contributed by atoms with Crippen molar-refractivity contribution in [2.75, 3.05) is 17.8 Å². The number of carbonyl (C=O) groups excluding carboxylic acids is 2. The van der Waals surface area contributed by atoms with Crippen LogP contribution in [0.4, 0.5) is 10.5 Å². The SMILES string of the molecule is CCCCCNC(=O)[C@H](CNC(=O)OC(C)(C)C)c1ccc(NS(=O)(=O)O)cc1. The van der Waals surface area contributed by atoms with Gasteiger partial charge in [0.25, 0.3) is 0 Å². The number of nitrogens with one attached hydrogen (secondary N) is 3. The maximum atomic E-state index is 12.7. The molecule has 4 N–H and O–H groups in total. The normalized spacial score (nSPS) is 12.7. The monoisotopic (exact) mass is 429 g/mol. The predicted octanol–water partition coefficient (Wildman–Crippen LogP) is 2.82. The minimum atomic E-state index is -4.39. The molecule has 2 amide bonds. The number of hydrogen-bond donors (Lipinski definition) is 4. The Balaban J connectivity index is 2.88. The highest BCUT2D eigenvalue weighted by molar-refractivity contribution is 7.87. The Bertz CT molecular complexity index is 772. The van der Waals surface area contributed by atoms with Crippen molar-refractivity contribution in [1.82, 2.24) is 10.6 Å². The second-order valence-corrected chi connectivity index (χ2v) is 8.79. The number of rotatable bonds is 10. The fourth-order valence-corrected chi connectivity index (χ4v) is 2.94. The molecule has 0 bridgehead atoms. The smallest absolute Gasteiger partial charge is 0.407 e. The van der Waals surface area contributed by atoms with Gasteiger partial charge in [-0.3, -0.25) is 14.1 Å². The van der Waals surface area contributed by atoms with E-state index in [1.54, 1.807) is 32.9 Å². The van der Waals surface area contributed by atoms with E-state index in [0.29, 0.717) is 12.1 Å². The maximum Gasteiger partial charge on any atom is 0.407 e. The average Bonchev–Trinajstić information content (AvgIpc) is 2.57. The fourth-order valence-electron chi connectivity index (χ4n) is 2.50. The molecule has 1 rings (SSSR count). The molecule has 0 aliphatic rings.